The Kier molecular flexibility index (Phi) is 21.1. The molecule has 4 unspecified atom stereocenters. The van der Waals surface area contributed by atoms with Crippen LogP contribution in [0.15, 0.2) is 43.0 Å². The number of carbonyl (C=O) groups excluding carboxylic acids is 2. The van der Waals surface area contributed by atoms with Crippen LogP contribution in [-0.2, 0) is 44.6 Å². The maximum absolute atomic E-state index is 13.6. The number of allylic oxidation sites excluding steroid dienone is 2. The zero-order valence-electron chi connectivity index (χ0n) is 36.2. The first-order valence-corrected chi connectivity index (χ1v) is 20.8. The number of nitrogens with one attached hydrogen (secondary N) is 1. The van der Waals surface area contributed by atoms with Crippen molar-refractivity contribution >= 4 is 17.4 Å². The van der Waals surface area contributed by atoms with Gasteiger partial charge in [-0.2, -0.15) is 0 Å². The van der Waals surface area contributed by atoms with Crippen LogP contribution in [0.3, 0.4) is 0 Å². The molecule has 1 aromatic rings. The van der Waals surface area contributed by atoms with Gasteiger partial charge in [0.25, 0.3) is 0 Å². The molecule has 15 heteroatoms. The molecule has 0 radical (unpaired) electrons. The maximum Gasteiger partial charge on any atom is 1.00 e. The number of hydrogen-bond acceptors (Lipinski definition) is 14. The Hall–Kier alpha value is -1.76. The van der Waals surface area contributed by atoms with Crippen molar-refractivity contribution in [3.8, 4) is 0 Å². The SMILES string of the molecule is C=C(NCCOCCOCCCC(=O)C1O[C@@H](O[C@@H]2C(C(=O)[O-])O[C@@H](C(C)(C)C)C(O)[C@@H]2O)C(O)[C@H](O)[C@@H]1C(C)(C)C)c1ccc(CO[C@H]2CC/C=C/CCC2)cc1.[Na+]. The fourth-order valence-electron chi connectivity index (χ4n) is 7.80. The molecule has 2 heterocycles. The van der Waals surface area contributed by atoms with Gasteiger partial charge in [0, 0.05) is 31.2 Å². The molecule has 59 heavy (non-hydrogen) atoms. The van der Waals surface area contributed by atoms with Crippen LogP contribution in [0.5, 0.6) is 0 Å². The molecule has 14 nitrogen and oxygen atoms in total. The molecule has 2 fully saturated rings. The summed E-state index contributed by atoms with van der Waals surface area (Å²) >= 11 is 0. The Morgan fingerprint density at radius 3 is 2.14 bits per heavy atom. The summed E-state index contributed by atoms with van der Waals surface area (Å²) in [6, 6.07) is 8.22. The number of carboxylic acids is 1. The van der Waals surface area contributed by atoms with E-state index in [9.17, 15) is 35.1 Å². The van der Waals surface area contributed by atoms with E-state index in [1.54, 1.807) is 41.5 Å². The van der Waals surface area contributed by atoms with Gasteiger partial charge in [0.15, 0.2) is 12.1 Å². The Bertz CT molecular complexity index is 1480. The second-order valence-electron chi connectivity index (χ2n) is 17.9. The largest absolute Gasteiger partial charge is 1.00 e. The summed E-state index contributed by atoms with van der Waals surface area (Å²) in [4.78, 5) is 25.7. The van der Waals surface area contributed by atoms with Crippen LogP contribution in [0, 0.1) is 16.7 Å². The van der Waals surface area contributed by atoms with Crippen molar-refractivity contribution in [2.45, 2.75) is 154 Å². The Balaban J connectivity index is 0.00000930. The molecule has 5 N–H and O–H groups in total. The normalized spacial score (nSPS) is 31.0. The van der Waals surface area contributed by atoms with Crippen LogP contribution in [0.2, 0.25) is 0 Å². The van der Waals surface area contributed by atoms with Gasteiger partial charge in [-0.15, -0.1) is 0 Å². The number of aliphatic carboxylic acids is 1. The van der Waals surface area contributed by atoms with Gasteiger partial charge in [-0.3, -0.25) is 4.79 Å². The van der Waals surface area contributed by atoms with Crippen LogP contribution in [0.25, 0.3) is 5.70 Å². The number of rotatable bonds is 19. The van der Waals surface area contributed by atoms with Gasteiger partial charge in [-0.25, -0.2) is 0 Å². The zero-order chi connectivity index (χ0) is 42.6. The van der Waals surface area contributed by atoms with Crippen LogP contribution < -0.4 is 40.0 Å². The molecule has 0 aromatic heterocycles. The third kappa shape index (κ3) is 15.2. The van der Waals surface area contributed by atoms with Crippen LogP contribution in [-0.4, -0.2) is 126 Å². The van der Waals surface area contributed by atoms with Gasteiger partial charge in [0.1, 0.15) is 36.6 Å². The van der Waals surface area contributed by atoms with Crippen molar-refractivity contribution < 1.29 is 93.1 Å². The molecule has 0 amide bonds. The standard InChI is InChI=1S/C44H69NO13.Na/c1-27(29-19-17-28(18-20-29)26-55-30-14-11-9-8-10-12-15-30)45-21-23-54-25-24-53-22-13-16-31(46)37-32(43(2,3)4)33(47)36(50)42(57-37)58-38-34(48)35(49)40(44(5,6)7)56-39(38)41(51)52;/h8-9,17-20,30,32-40,42,45,47-50H,1,10-16,21-26H2,2-7H3,(H,51,52);/q;+1/p-1/b9-8+;/t30-,32-,33+,34-,35?,36?,37?,38-,39?,40+,42-;/m0./s1. The summed E-state index contributed by atoms with van der Waals surface area (Å²) < 4.78 is 34.9. The van der Waals surface area contributed by atoms with Gasteiger partial charge in [0.2, 0.25) is 0 Å². The summed E-state index contributed by atoms with van der Waals surface area (Å²) in [5.74, 6) is -2.94. The van der Waals surface area contributed by atoms with Gasteiger partial charge in [-0.1, -0.05) is 84.5 Å². The molecule has 1 aliphatic carbocycles. The number of ketones is 1. The molecule has 0 saturated carbocycles. The molecule has 1 aromatic carbocycles. The number of Topliss-reactive ketones (excluding diaryl/α,β-unsaturated/α-hetero) is 1. The first-order valence-electron chi connectivity index (χ1n) is 20.8. The predicted molar refractivity (Wildman–Crippen MR) is 214 cm³/mol. The number of aliphatic hydroxyl groups excluding tert-OH is 4. The van der Waals surface area contributed by atoms with E-state index in [0.29, 0.717) is 45.5 Å². The van der Waals surface area contributed by atoms with E-state index in [0.717, 1.165) is 48.9 Å². The fraction of sp³-hybridized carbons (Fsp3) is 0.727. The molecule has 0 bridgehead atoms. The molecule has 2 saturated heterocycles. The molecule has 11 atom stereocenters. The Morgan fingerprint density at radius 2 is 1.49 bits per heavy atom. The van der Waals surface area contributed by atoms with E-state index in [1.807, 2.05) is 12.1 Å². The van der Waals surface area contributed by atoms with Crippen LogP contribution >= 0.6 is 0 Å². The van der Waals surface area contributed by atoms with Crippen molar-refractivity contribution in [1.29, 1.82) is 0 Å². The van der Waals surface area contributed by atoms with E-state index in [4.69, 9.17) is 28.4 Å². The second kappa shape index (κ2) is 24.2. The minimum atomic E-state index is -1.84. The van der Waals surface area contributed by atoms with E-state index in [-0.39, 0.29) is 48.4 Å². The van der Waals surface area contributed by atoms with Crippen molar-refractivity contribution in [3.63, 3.8) is 0 Å². The molecule has 2 aliphatic heterocycles. The van der Waals surface area contributed by atoms with Crippen LogP contribution in [0.4, 0.5) is 0 Å². The third-order valence-corrected chi connectivity index (χ3v) is 11.1. The van der Waals surface area contributed by atoms with Gasteiger partial charge in [-0.05, 0) is 60.5 Å². The van der Waals surface area contributed by atoms with E-state index in [2.05, 4.69) is 36.2 Å². The van der Waals surface area contributed by atoms with Crippen molar-refractivity contribution in [3.05, 3.63) is 54.1 Å². The monoisotopic (exact) mass is 841 g/mol. The van der Waals surface area contributed by atoms with E-state index >= 15 is 0 Å². The number of benzene rings is 1. The first-order chi connectivity index (χ1) is 27.4. The average Bonchev–Trinajstić information content (AvgIpc) is 3.14. The topological polar surface area (TPSA) is 206 Å². The van der Waals surface area contributed by atoms with Crippen molar-refractivity contribution in [1.82, 2.24) is 5.32 Å². The van der Waals surface area contributed by atoms with E-state index in [1.165, 1.54) is 0 Å². The molecular weight excluding hydrogens is 773 g/mol. The molecule has 4 rings (SSSR count). The van der Waals surface area contributed by atoms with Gasteiger partial charge < -0.3 is 64.1 Å². The third-order valence-electron chi connectivity index (χ3n) is 11.1. The van der Waals surface area contributed by atoms with Gasteiger partial charge in [0.05, 0.1) is 50.7 Å². The average molecular weight is 842 g/mol. The fourth-order valence-corrected chi connectivity index (χ4v) is 7.80. The smallest absolute Gasteiger partial charge is 0.547 e. The number of hydrogen-bond donors (Lipinski definition) is 5. The minimum absolute atomic E-state index is 0. The summed E-state index contributed by atoms with van der Waals surface area (Å²) in [5.41, 5.74) is 1.47. The Labute approximate surface area is 372 Å². The molecular formula is C44H68NNaO13. The van der Waals surface area contributed by atoms with Crippen LogP contribution in [0.1, 0.15) is 97.6 Å². The molecule has 0 spiro atoms. The number of aliphatic hydroxyl groups is 4. The number of carbonyl (C=O) groups is 2. The van der Waals surface area contributed by atoms with Crippen molar-refractivity contribution in [2.24, 2.45) is 16.7 Å². The number of carboxylic acid groups (broad SMARTS) is 1. The second-order valence-corrected chi connectivity index (χ2v) is 17.9. The zero-order valence-corrected chi connectivity index (χ0v) is 38.2. The molecule has 3 aliphatic rings. The predicted octanol–water partition coefficient (Wildman–Crippen LogP) is -0.182. The quantitative estimate of drug-likeness (QED) is 0.0697. The summed E-state index contributed by atoms with van der Waals surface area (Å²) in [7, 11) is 0. The Morgan fingerprint density at radius 1 is 0.831 bits per heavy atom. The summed E-state index contributed by atoms with van der Waals surface area (Å²) in [6.07, 6.45) is -3.46. The van der Waals surface area contributed by atoms with E-state index < -0.39 is 77.8 Å². The van der Waals surface area contributed by atoms with Gasteiger partial charge >= 0.3 is 29.6 Å². The minimum Gasteiger partial charge on any atom is -0.547 e. The van der Waals surface area contributed by atoms with Crippen molar-refractivity contribution in [2.75, 3.05) is 33.0 Å². The summed E-state index contributed by atoms with van der Waals surface area (Å²) in [6.45, 7) is 17.2. The first kappa shape index (κ1) is 51.6. The molecule has 328 valence electrons. The maximum atomic E-state index is 13.6. The summed E-state index contributed by atoms with van der Waals surface area (Å²) in [5, 5.41) is 59.4. The number of ether oxygens (including phenoxy) is 6.